The van der Waals surface area contributed by atoms with E-state index >= 15 is 0 Å². The highest BCUT2D eigenvalue weighted by Crippen LogP contribution is 2.31. The first-order valence-electron chi connectivity index (χ1n) is 8.62. The Morgan fingerprint density at radius 2 is 2.00 bits per heavy atom. The minimum atomic E-state index is -0.194. The Morgan fingerprint density at radius 3 is 2.75 bits per heavy atom. The van der Waals surface area contributed by atoms with Crippen LogP contribution in [0.15, 0.2) is 24.3 Å². The van der Waals surface area contributed by atoms with Gasteiger partial charge < -0.3 is 4.74 Å². The Hall–Kier alpha value is -1.79. The van der Waals surface area contributed by atoms with E-state index in [1.54, 1.807) is 0 Å². The fraction of sp³-hybridized carbons (Fsp3) is 0.556. The van der Waals surface area contributed by atoms with Crippen LogP contribution in [0, 0.1) is 11.7 Å². The van der Waals surface area contributed by atoms with Crippen LogP contribution in [0.4, 0.5) is 4.39 Å². The van der Waals surface area contributed by atoms with Gasteiger partial charge in [-0.25, -0.2) is 4.39 Å². The second kappa shape index (κ2) is 6.61. The Morgan fingerprint density at radius 1 is 1.21 bits per heavy atom. The molecule has 4 rings (SSSR count). The molecule has 5 nitrogen and oxygen atoms in total. The van der Waals surface area contributed by atoms with E-state index in [9.17, 15) is 4.39 Å². The van der Waals surface area contributed by atoms with Gasteiger partial charge >= 0.3 is 0 Å². The van der Waals surface area contributed by atoms with Crippen LogP contribution in [0.1, 0.15) is 35.7 Å². The van der Waals surface area contributed by atoms with Gasteiger partial charge in [-0.2, -0.15) is 0 Å². The summed E-state index contributed by atoms with van der Waals surface area (Å²) in [6.45, 7) is 4.06. The zero-order chi connectivity index (χ0) is 16.5. The molecule has 1 aliphatic heterocycles. The molecule has 2 heterocycles. The van der Waals surface area contributed by atoms with Crippen molar-refractivity contribution in [2.45, 2.75) is 31.8 Å². The fourth-order valence-electron chi connectivity index (χ4n) is 3.46. The lowest BCUT2D eigenvalue weighted by Crippen LogP contribution is -2.36. The number of aryl methyl sites for hydroxylation is 1. The summed E-state index contributed by atoms with van der Waals surface area (Å²) >= 11 is 0. The maximum Gasteiger partial charge on any atom is 0.123 e. The van der Waals surface area contributed by atoms with Gasteiger partial charge in [0.2, 0.25) is 0 Å². The topological polar surface area (TPSA) is 43.2 Å². The molecule has 1 aromatic carbocycles. The van der Waals surface area contributed by atoms with E-state index in [1.165, 1.54) is 30.7 Å². The van der Waals surface area contributed by atoms with E-state index in [0.29, 0.717) is 6.61 Å². The standard InChI is InChI=1S/C18H23FN4O/c1-22-18-15(12-24-11-14-2-3-14)9-23(10-17(18)20-21-22)8-13-4-6-16(19)7-5-13/h4-7,14-15H,2-3,8-12H2,1H3/t15-/m0/s1. The minimum absolute atomic E-state index is 0.194. The molecule has 1 atom stereocenters. The molecule has 2 aromatic rings. The molecule has 2 aliphatic rings. The zero-order valence-electron chi connectivity index (χ0n) is 14.0. The van der Waals surface area contributed by atoms with Crippen LogP contribution >= 0.6 is 0 Å². The molecule has 0 saturated heterocycles. The molecule has 24 heavy (non-hydrogen) atoms. The average molecular weight is 330 g/mol. The average Bonchev–Trinajstić information content (AvgIpc) is 3.32. The monoisotopic (exact) mass is 330 g/mol. The van der Waals surface area contributed by atoms with Gasteiger partial charge in [-0.3, -0.25) is 9.58 Å². The van der Waals surface area contributed by atoms with Crippen LogP contribution in [0.5, 0.6) is 0 Å². The van der Waals surface area contributed by atoms with Crippen LogP contribution in [-0.2, 0) is 24.9 Å². The van der Waals surface area contributed by atoms with E-state index in [1.807, 2.05) is 23.9 Å². The van der Waals surface area contributed by atoms with Gasteiger partial charge in [-0.05, 0) is 36.5 Å². The molecular formula is C18H23FN4O. The Labute approximate surface area is 141 Å². The summed E-state index contributed by atoms with van der Waals surface area (Å²) in [5, 5.41) is 8.52. The molecular weight excluding hydrogens is 307 g/mol. The van der Waals surface area contributed by atoms with Crippen molar-refractivity contribution in [3.05, 3.63) is 47.0 Å². The lowest BCUT2D eigenvalue weighted by Gasteiger charge is -2.32. The Bertz CT molecular complexity index is 696. The van der Waals surface area contributed by atoms with Crippen molar-refractivity contribution >= 4 is 0 Å². The number of halogens is 1. The Balaban J connectivity index is 1.45. The summed E-state index contributed by atoms with van der Waals surface area (Å²) in [5.74, 6) is 0.862. The molecule has 6 heteroatoms. The van der Waals surface area contributed by atoms with Crippen molar-refractivity contribution in [1.29, 1.82) is 0 Å². The number of hydrogen-bond donors (Lipinski definition) is 0. The predicted octanol–water partition coefficient (Wildman–Crippen LogP) is 2.48. The molecule has 128 valence electrons. The highest BCUT2D eigenvalue weighted by atomic mass is 19.1. The largest absolute Gasteiger partial charge is 0.380 e. The second-order valence-electron chi connectivity index (χ2n) is 7.02. The SMILES string of the molecule is Cn1nnc2c1[C@H](COCC1CC1)CN(Cc1ccc(F)cc1)C2. The maximum absolute atomic E-state index is 13.1. The van der Waals surface area contributed by atoms with Crippen molar-refractivity contribution in [2.75, 3.05) is 19.8 Å². The number of rotatable bonds is 6. The van der Waals surface area contributed by atoms with Gasteiger partial charge in [0.1, 0.15) is 11.5 Å². The van der Waals surface area contributed by atoms with Gasteiger partial charge in [0.05, 0.1) is 12.3 Å². The van der Waals surface area contributed by atoms with E-state index in [0.717, 1.165) is 43.4 Å². The van der Waals surface area contributed by atoms with Crippen LogP contribution in [0.25, 0.3) is 0 Å². The summed E-state index contributed by atoms with van der Waals surface area (Å²) in [6, 6.07) is 6.73. The normalized spacial score (nSPS) is 21.0. The third-order valence-corrected chi connectivity index (χ3v) is 4.87. The highest BCUT2D eigenvalue weighted by molar-refractivity contribution is 5.21. The smallest absolute Gasteiger partial charge is 0.123 e. The van der Waals surface area contributed by atoms with Crippen molar-refractivity contribution in [1.82, 2.24) is 19.9 Å². The highest BCUT2D eigenvalue weighted by Gasteiger charge is 2.31. The Kier molecular flexibility index (Phi) is 4.33. The molecule has 1 aliphatic carbocycles. The minimum Gasteiger partial charge on any atom is -0.380 e. The lowest BCUT2D eigenvalue weighted by atomic mass is 9.98. The van der Waals surface area contributed by atoms with Crippen molar-refractivity contribution in [3.63, 3.8) is 0 Å². The third kappa shape index (κ3) is 3.49. The first-order valence-corrected chi connectivity index (χ1v) is 8.62. The first kappa shape index (κ1) is 15.7. The van der Waals surface area contributed by atoms with Crippen LogP contribution < -0.4 is 0 Å². The molecule has 0 bridgehead atoms. The van der Waals surface area contributed by atoms with Crippen molar-refractivity contribution in [2.24, 2.45) is 13.0 Å². The number of fused-ring (bicyclic) bond motifs is 1. The van der Waals surface area contributed by atoms with E-state index in [-0.39, 0.29) is 11.7 Å². The molecule has 1 fully saturated rings. The molecule has 1 aromatic heterocycles. The first-order chi connectivity index (χ1) is 11.7. The van der Waals surface area contributed by atoms with Crippen LogP contribution in [0.3, 0.4) is 0 Å². The summed E-state index contributed by atoms with van der Waals surface area (Å²) in [7, 11) is 1.95. The number of hydrogen-bond acceptors (Lipinski definition) is 4. The van der Waals surface area contributed by atoms with Gasteiger partial charge in [0.15, 0.2) is 0 Å². The number of aromatic nitrogens is 3. The third-order valence-electron chi connectivity index (χ3n) is 4.87. The van der Waals surface area contributed by atoms with Gasteiger partial charge in [0.25, 0.3) is 0 Å². The van der Waals surface area contributed by atoms with E-state index < -0.39 is 0 Å². The summed E-state index contributed by atoms with van der Waals surface area (Å²) in [5.41, 5.74) is 3.34. The number of nitrogens with zero attached hydrogens (tertiary/aromatic N) is 4. The van der Waals surface area contributed by atoms with Gasteiger partial charge in [-0.15, -0.1) is 5.10 Å². The molecule has 0 N–H and O–H groups in total. The zero-order valence-corrected chi connectivity index (χ0v) is 14.0. The van der Waals surface area contributed by atoms with Crippen LogP contribution in [0.2, 0.25) is 0 Å². The maximum atomic E-state index is 13.1. The summed E-state index contributed by atoms with van der Waals surface area (Å²) in [4.78, 5) is 2.34. The molecule has 0 radical (unpaired) electrons. The molecule has 0 spiro atoms. The van der Waals surface area contributed by atoms with Crippen LogP contribution in [-0.4, -0.2) is 39.7 Å². The van der Waals surface area contributed by atoms with Gasteiger partial charge in [-0.1, -0.05) is 17.3 Å². The summed E-state index contributed by atoms with van der Waals surface area (Å²) in [6.07, 6.45) is 2.61. The van der Waals surface area contributed by atoms with Crippen molar-refractivity contribution in [3.8, 4) is 0 Å². The van der Waals surface area contributed by atoms with Gasteiger partial charge in [0, 0.05) is 39.2 Å². The van der Waals surface area contributed by atoms with Crippen molar-refractivity contribution < 1.29 is 9.13 Å². The molecule has 1 saturated carbocycles. The second-order valence-corrected chi connectivity index (χ2v) is 7.02. The lowest BCUT2D eigenvalue weighted by molar-refractivity contribution is 0.0866. The number of ether oxygens (including phenoxy) is 1. The summed E-state index contributed by atoms with van der Waals surface area (Å²) < 4.78 is 20.9. The van der Waals surface area contributed by atoms with E-state index in [2.05, 4.69) is 15.2 Å². The molecule has 0 unspecified atom stereocenters. The van der Waals surface area contributed by atoms with E-state index in [4.69, 9.17) is 4.74 Å². The number of benzene rings is 1. The fourth-order valence-corrected chi connectivity index (χ4v) is 3.46. The quantitative estimate of drug-likeness (QED) is 0.816. The predicted molar refractivity (Wildman–Crippen MR) is 87.8 cm³/mol. The molecule has 0 amide bonds.